The number of rotatable bonds is 7. The fourth-order valence-electron chi connectivity index (χ4n) is 1.35. The van der Waals surface area contributed by atoms with E-state index in [1.54, 1.807) is 24.3 Å². The molecule has 1 aromatic rings. The Balaban J connectivity index is 2.49. The van der Waals surface area contributed by atoms with E-state index in [2.05, 4.69) is 6.58 Å². The zero-order chi connectivity index (χ0) is 13.5. The van der Waals surface area contributed by atoms with Gasteiger partial charge in [0.25, 0.3) is 0 Å². The van der Waals surface area contributed by atoms with Gasteiger partial charge in [0.15, 0.2) is 11.5 Å². The lowest BCUT2D eigenvalue weighted by molar-refractivity contribution is -0.133. The smallest absolute Gasteiger partial charge is 0.331 e. The van der Waals surface area contributed by atoms with Crippen molar-refractivity contribution in [2.75, 3.05) is 13.7 Å². The van der Waals surface area contributed by atoms with Gasteiger partial charge in [-0.25, -0.2) is 4.79 Å². The lowest BCUT2D eigenvalue weighted by Gasteiger charge is -2.14. The molecule has 0 radical (unpaired) electrons. The number of aliphatic hydroxyl groups is 1. The van der Waals surface area contributed by atoms with Gasteiger partial charge in [-0.1, -0.05) is 18.7 Å². The van der Waals surface area contributed by atoms with Crippen molar-refractivity contribution >= 4 is 5.97 Å². The van der Waals surface area contributed by atoms with Gasteiger partial charge in [-0.3, -0.25) is 0 Å². The maximum absolute atomic E-state index is 10.5. The van der Waals surface area contributed by atoms with E-state index in [4.69, 9.17) is 14.6 Å². The van der Waals surface area contributed by atoms with Crippen molar-refractivity contribution in [2.45, 2.75) is 12.5 Å². The van der Waals surface area contributed by atoms with Crippen molar-refractivity contribution in [3.8, 4) is 11.5 Å². The highest BCUT2D eigenvalue weighted by Crippen LogP contribution is 2.25. The molecule has 98 valence electrons. The summed E-state index contributed by atoms with van der Waals surface area (Å²) >= 11 is 0. The van der Waals surface area contributed by atoms with Crippen molar-refractivity contribution in [1.29, 1.82) is 0 Å². The van der Waals surface area contributed by atoms with Crippen LogP contribution in [0.25, 0.3) is 0 Å². The summed E-state index contributed by atoms with van der Waals surface area (Å²) in [6.45, 7) is 3.32. The largest absolute Gasteiger partial charge is 0.493 e. The summed E-state index contributed by atoms with van der Waals surface area (Å²) in [7, 11) is 1.52. The number of hydrogen-bond acceptors (Lipinski definition) is 4. The number of aliphatic hydroxyl groups excluding tert-OH is 1. The van der Waals surface area contributed by atoms with E-state index in [0.717, 1.165) is 0 Å². The number of para-hydroxylation sites is 2. The first kappa shape index (κ1) is 14.1. The molecule has 0 heterocycles. The third-order valence-corrected chi connectivity index (χ3v) is 2.28. The molecule has 1 rings (SSSR count). The van der Waals surface area contributed by atoms with Crippen molar-refractivity contribution < 1.29 is 24.5 Å². The molecule has 0 fully saturated rings. The van der Waals surface area contributed by atoms with Gasteiger partial charge in [0.2, 0.25) is 0 Å². The molecule has 1 unspecified atom stereocenters. The minimum Gasteiger partial charge on any atom is -0.493 e. The summed E-state index contributed by atoms with van der Waals surface area (Å²) in [4.78, 5) is 10.5. The SMILES string of the molecule is C=C(CC(O)COc1ccccc1OC)C(=O)O. The maximum Gasteiger partial charge on any atom is 0.331 e. The molecule has 5 nitrogen and oxygen atoms in total. The Hall–Kier alpha value is -2.01. The first-order valence-corrected chi connectivity index (χ1v) is 5.39. The second-order valence-electron chi connectivity index (χ2n) is 3.73. The molecule has 18 heavy (non-hydrogen) atoms. The van der Waals surface area contributed by atoms with Crippen LogP contribution in [0.4, 0.5) is 0 Å². The van der Waals surface area contributed by atoms with E-state index in [9.17, 15) is 9.90 Å². The Morgan fingerprint density at radius 1 is 1.39 bits per heavy atom. The van der Waals surface area contributed by atoms with E-state index in [1.807, 2.05) is 0 Å². The van der Waals surface area contributed by atoms with Gasteiger partial charge in [-0.15, -0.1) is 0 Å². The number of methoxy groups -OCH3 is 1. The van der Waals surface area contributed by atoms with Crippen molar-refractivity contribution in [3.63, 3.8) is 0 Å². The number of aliphatic carboxylic acids is 1. The molecule has 0 aliphatic rings. The molecule has 2 N–H and O–H groups in total. The summed E-state index contributed by atoms with van der Waals surface area (Å²) in [5.41, 5.74) is -0.0499. The van der Waals surface area contributed by atoms with Crippen LogP contribution in [0, 0.1) is 0 Å². The predicted molar refractivity (Wildman–Crippen MR) is 65.9 cm³/mol. The third kappa shape index (κ3) is 4.10. The molecule has 0 aliphatic heterocycles. The molecular weight excluding hydrogens is 236 g/mol. The van der Waals surface area contributed by atoms with Crippen LogP contribution in [0.2, 0.25) is 0 Å². The molecular formula is C13H16O5. The lowest BCUT2D eigenvalue weighted by atomic mass is 10.1. The second-order valence-corrected chi connectivity index (χ2v) is 3.73. The number of benzene rings is 1. The normalized spacial score (nSPS) is 11.7. The average molecular weight is 252 g/mol. The molecule has 0 bridgehead atoms. The molecule has 0 spiro atoms. The van der Waals surface area contributed by atoms with Crippen LogP contribution in [0.3, 0.4) is 0 Å². The van der Waals surface area contributed by atoms with Crippen molar-refractivity contribution in [3.05, 3.63) is 36.4 Å². The minimum atomic E-state index is -1.12. The first-order chi connectivity index (χ1) is 8.54. The van der Waals surface area contributed by atoms with E-state index in [-0.39, 0.29) is 18.6 Å². The van der Waals surface area contributed by atoms with Crippen molar-refractivity contribution in [1.82, 2.24) is 0 Å². The number of carboxylic acids is 1. The number of carboxylic acid groups (broad SMARTS) is 1. The summed E-state index contributed by atoms with van der Waals surface area (Å²) in [6.07, 6.45) is -0.955. The van der Waals surface area contributed by atoms with E-state index >= 15 is 0 Å². The lowest BCUT2D eigenvalue weighted by Crippen LogP contribution is -2.20. The second kappa shape index (κ2) is 6.66. The van der Waals surface area contributed by atoms with Crippen LogP contribution >= 0.6 is 0 Å². The Bertz CT molecular complexity index is 427. The Morgan fingerprint density at radius 2 is 2.00 bits per heavy atom. The van der Waals surface area contributed by atoms with Gasteiger partial charge in [0.05, 0.1) is 13.2 Å². The van der Waals surface area contributed by atoms with Crippen LogP contribution in [-0.2, 0) is 4.79 Å². The summed E-state index contributed by atoms with van der Waals surface area (Å²) < 4.78 is 10.4. The average Bonchev–Trinajstić information content (AvgIpc) is 2.36. The van der Waals surface area contributed by atoms with Crippen LogP contribution in [0.15, 0.2) is 36.4 Å². The summed E-state index contributed by atoms with van der Waals surface area (Å²) in [6, 6.07) is 7.02. The highest BCUT2D eigenvalue weighted by molar-refractivity contribution is 5.85. The van der Waals surface area contributed by atoms with Crippen LogP contribution in [-0.4, -0.2) is 36.0 Å². The molecule has 0 aliphatic carbocycles. The van der Waals surface area contributed by atoms with Gasteiger partial charge in [-0.2, -0.15) is 0 Å². The Labute approximate surface area is 105 Å². The maximum atomic E-state index is 10.5. The van der Waals surface area contributed by atoms with Gasteiger partial charge in [-0.05, 0) is 12.1 Å². The molecule has 5 heteroatoms. The van der Waals surface area contributed by atoms with Crippen molar-refractivity contribution in [2.24, 2.45) is 0 Å². The van der Waals surface area contributed by atoms with E-state index < -0.39 is 12.1 Å². The van der Waals surface area contributed by atoms with Gasteiger partial charge in [0.1, 0.15) is 6.61 Å². The number of carbonyl (C=O) groups is 1. The fraction of sp³-hybridized carbons (Fsp3) is 0.308. The third-order valence-electron chi connectivity index (χ3n) is 2.28. The molecule has 1 atom stereocenters. The summed E-state index contributed by atoms with van der Waals surface area (Å²) in [5.74, 6) is -0.0620. The number of ether oxygens (including phenoxy) is 2. The molecule has 0 saturated carbocycles. The van der Waals surface area contributed by atoms with Gasteiger partial charge >= 0.3 is 5.97 Å². The zero-order valence-corrected chi connectivity index (χ0v) is 10.1. The highest BCUT2D eigenvalue weighted by Gasteiger charge is 2.13. The fourth-order valence-corrected chi connectivity index (χ4v) is 1.35. The standard InChI is InChI=1S/C13H16O5/c1-9(13(15)16)7-10(14)8-18-12-6-4-3-5-11(12)17-2/h3-6,10,14H,1,7-8H2,2H3,(H,15,16). The monoisotopic (exact) mass is 252 g/mol. The summed E-state index contributed by atoms with van der Waals surface area (Å²) in [5, 5.41) is 18.2. The quantitative estimate of drug-likeness (QED) is 0.718. The first-order valence-electron chi connectivity index (χ1n) is 5.39. The van der Waals surface area contributed by atoms with E-state index in [1.165, 1.54) is 7.11 Å². The number of hydrogen-bond donors (Lipinski definition) is 2. The van der Waals surface area contributed by atoms with E-state index in [0.29, 0.717) is 11.5 Å². The Kier molecular flexibility index (Phi) is 5.20. The molecule has 0 aromatic heterocycles. The highest BCUT2D eigenvalue weighted by atomic mass is 16.5. The topological polar surface area (TPSA) is 76.0 Å². The van der Waals surface area contributed by atoms with Crippen LogP contribution < -0.4 is 9.47 Å². The van der Waals surface area contributed by atoms with Gasteiger partial charge in [0, 0.05) is 12.0 Å². The molecule has 0 amide bonds. The van der Waals surface area contributed by atoms with Crippen LogP contribution in [0.1, 0.15) is 6.42 Å². The van der Waals surface area contributed by atoms with Crippen LogP contribution in [0.5, 0.6) is 11.5 Å². The molecule has 0 saturated heterocycles. The minimum absolute atomic E-state index is 0.0212. The molecule has 1 aromatic carbocycles. The Morgan fingerprint density at radius 3 is 2.56 bits per heavy atom. The predicted octanol–water partition coefficient (Wildman–Crippen LogP) is 1.47. The van der Waals surface area contributed by atoms with Gasteiger partial charge < -0.3 is 19.7 Å². The zero-order valence-electron chi connectivity index (χ0n) is 10.1.